The fourth-order valence-corrected chi connectivity index (χ4v) is 5.58. The van der Waals surface area contributed by atoms with Crippen LogP contribution in [0.4, 0.5) is 18.9 Å². The molecule has 9 nitrogen and oxygen atoms in total. The molecule has 3 heterocycles. The molecule has 1 aliphatic heterocycles. The molecule has 3 aromatic rings. The number of aliphatic hydroxyl groups is 1. The summed E-state index contributed by atoms with van der Waals surface area (Å²) in [6, 6.07) is 4.27. The number of thiophene rings is 1. The number of ether oxygens (including phenoxy) is 1. The molecule has 0 aliphatic carbocycles. The number of benzene rings is 1. The second-order valence-electron chi connectivity index (χ2n) is 8.10. The highest BCUT2D eigenvalue weighted by Crippen LogP contribution is 2.38. The Morgan fingerprint density at radius 1 is 1.23 bits per heavy atom. The van der Waals surface area contributed by atoms with Gasteiger partial charge in [-0.3, -0.25) is 10.2 Å². The molecule has 4 rings (SSSR count). The van der Waals surface area contributed by atoms with Gasteiger partial charge in [-0.2, -0.15) is 18.3 Å². The predicted molar refractivity (Wildman–Crippen MR) is 124 cm³/mol. The Balaban J connectivity index is 1.47. The van der Waals surface area contributed by atoms with Crippen LogP contribution in [0.2, 0.25) is 0 Å². The van der Waals surface area contributed by atoms with Crippen molar-refractivity contribution in [3.63, 3.8) is 0 Å². The first-order valence-corrected chi connectivity index (χ1v) is 12.9. The molecular weight excluding hydrogens is 507 g/mol. The Labute approximate surface area is 203 Å². The Bertz CT molecular complexity index is 1310. The van der Waals surface area contributed by atoms with Crippen molar-refractivity contribution in [2.75, 3.05) is 32.0 Å². The largest absolute Gasteiger partial charge is 0.501 e. The van der Waals surface area contributed by atoms with Crippen LogP contribution < -0.4 is 11.1 Å². The van der Waals surface area contributed by atoms with Crippen LogP contribution in [0.1, 0.15) is 27.9 Å². The number of nitrogens with two attached hydrogens (primary N) is 1. The number of sulfone groups is 1. The van der Waals surface area contributed by atoms with Crippen LogP contribution in [0.5, 0.6) is 0 Å². The van der Waals surface area contributed by atoms with Gasteiger partial charge in [-0.25, -0.2) is 8.42 Å². The molecule has 1 saturated heterocycles. The normalized spacial score (nSPS) is 16.6. The van der Waals surface area contributed by atoms with Gasteiger partial charge in [0.2, 0.25) is 0 Å². The number of aryl methyl sites for hydroxylation is 1. The van der Waals surface area contributed by atoms with Crippen molar-refractivity contribution < 1.29 is 31.4 Å². The van der Waals surface area contributed by atoms with Crippen LogP contribution in [0, 0.1) is 6.92 Å². The van der Waals surface area contributed by atoms with Crippen LogP contribution in [0.3, 0.4) is 0 Å². The van der Waals surface area contributed by atoms with Gasteiger partial charge in [-0.05, 0) is 30.2 Å². The SMILES string of the molecule is Cc1c(CN2CCOCC2)nnc2sc(C(O)NCc3ccc(S(=O)(=O)C(F)(F)F)cc3)c(N)c12. The van der Waals surface area contributed by atoms with E-state index in [-0.39, 0.29) is 6.54 Å². The van der Waals surface area contributed by atoms with Crippen molar-refractivity contribution in [3.8, 4) is 0 Å². The molecule has 190 valence electrons. The number of fused-ring (bicyclic) bond motifs is 1. The fourth-order valence-electron chi connectivity index (χ4n) is 3.76. The molecule has 35 heavy (non-hydrogen) atoms. The number of hydrogen-bond acceptors (Lipinski definition) is 10. The summed E-state index contributed by atoms with van der Waals surface area (Å²) in [7, 11) is -5.41. The summed E-state index contributed by atoms with van der Waals surface area (Å²) in [5.74, 6) is 0. The quantitative estimate of drug-likeness (QED) is 0.394. The lowest BCUT2D eigenvalue weighted by molar-refractivity contribution is -0.0436. The zero-order valence-electron chi connectivity index (χ0n) is 18.7. The van der Waals surface area contributed by atoms with E-state index in [1.165, 1.54) is 23.5 Å². The summed E-state index contributed by atoms with van der Waals surface area (Å²) >= 11 is 1.20. The molecule has 0 radical (unpaired) electrons. The van der Waals surface area contributed by atoms with E-state index in [0.29, 0.717) is 40.7 Å². The number of aromatic nitrogens is 2. The maximum absolute atomic E-state index is 12.7. The van der Waals surface area contributed by atoms with Gasteiger partial charge in [0.1, 0.15) is 11.1 Å². The minimum atomic E-state index is -5.41. The zero-order valence-corrected chi connectivity index (χ0v) is 20.3. The highest BCUT2D eigenvalue weighted by atomic mass is 32.2. The molecule has 0 spiro atoms. The van der Waals surface area contributed by atoms with E-state index in [1.807, 2.05) is 6.92 Å². The standard InChI is InChI=1S/C21H24F3N5O4S2/c1-12-15(11-29-6-8-33-9-7-29)27-28-20-16(12)17(25)18(34-20)19(30)26-10-13-2-4-14(5-3-13)35(31,32)21(22,23)24/h2-5,19,26,30H,6-11,25H2,1H3. The van der Waals surface area contributed by atoms with Gasteiger partial charge in [0, 0.05) is 31.6 Å². The first-order chi connectivity index (χ1) is 16.5. The van der Waals surface area contributed by atoms with Crippen LogP contribution in [0.15, 0.2) is 29.2 Å². The Hall–Kier alpha value is -2.36. The smallest absolute Gasteiger partial charge is 0.397 e. The minimum Gasteiger partial charge on any atom is -0.397 e. The summed E-state index contributed by atoms with van der Waals surface area (Å²) in [5, 5.41) is 22.9. The highest BCUT2D eigenvalue weighted by molar-refractivity contribution is 7.92. The number of halogens is 3. The van der Waals surface area contributed by atoms with E-state index in [4.69, 9.17) is 10.5 Å². The van der Waals surface area contributed by atoms with E-state index < -0.39 is 26.5 Å². The number of nitrogens with zero attached hydrogens (tertiary/aromatic N) is 3. The predicted octanol–water partition coefficient (Wildman–Crippen LogP) is 2.49. The van der Waals surface area contributed by atoms with Crippen LogP contribution in [-0.2, 0) is 27.7 Å². The third-order valence-electron chi connectivity index (χ3n) is 5.79. The number of morpholine rings is 1. The van der Waals surface area contributed by atoms with Gasteiger partial charge in [0.25, 0.3) is 9.84 Å². The van der Waals surface area contributed by atoms with E-state index >= 15 is 0 Å². The molecule has 1 fully saturated rings. The molecule has 14 heteroatoms. The van der Waals surface area contributed by atoms with Crippen LogP contribution in [0.25, 0.3) is 10.2 Å². The number of anilines is 1. The number of rotatable bonds is 7. The van der Waals surface area contributed by atoms with E-state index in [2.05, 4.69) is 20.4 Å². The van der Waals surface area contributed by atoms with Gasteiger partial charge in [0.15, 0.2) is 0 Å². The van der Waals surface area contributed by atoms with Crippen molar-refractivity contribution in [3.05, 3.63) is 46.0 Å². The molecule has 2 aromatic heterocycles. The Morgan fingerprint density at radius 3 is 2.51 bits per heavy atom. The molecule has 1 aromatic carbocycles. The monoisotopic (exact) mass is 531 g/mol. The average Bonchev–Trinajstić information content (AvgIpc) is 3.16. The Kier molecular flexibility index (Phi) is 7.31. The molecule has 0 bridgehead atoms. The molecular formula is C21H24F3N5O4S2. The second kappa shape index (κ2) is 9.95. The number of nitrogens with one attached hydrogen (secondary N) is 1. The molecule has 1 aliphatic rings. The summed E-state index contributed by atoms with van der Waals surface area (Å²) in [6.07, 6.45) is -1.17. The van der Waals surface area contributed by atoms with E-state index in [0.717, 1.165) is 41.9 Å². The number of nitrogen functional groups attached to an aromatic ring is 1. The molecule has 1 unspecified atom stereocenters. The third-order valence-corrected chi connectivity index (χ3v) is 8.43. The average molecular weight is 532 g/mol. The first-order valence-electron chi connectivity index (χ1n) is 10.6. The van der Waals surface area contributed by atoms with Crippen molar-refractivity contribution >= 4 is 37.1 Å². The minimum absolute atomic E-state index is 0.0636. The van der Waals surface area contributed by atoms with Gasteiger partial charge < -0.3 is 15.6 Å². The molecule has 0 amide bonds. The Morgan fingerprint density at radius 2 is 1.89 bits per heavy atom. The summed E-state index contributed by atoms with van der Waals surface area (Å²) in [4.78, 5) is 2.41. The number of aliphatic hydroxyl groups excluding tert-OH is 1. The lowest BCUT2D eigenvalue weighted by atomic mass is 10.1. The van der Waals surface area contributed by atoms with Gasteiger partial charge in [-0.1, -0.05) is 12.1 Å². The second-order valence-corrected chi connectivity index (χ2v) is 11.1. The first kappa shape index (κ1) is 25.7. The van der Waals surface area contributed by atoms with Crippen molar-refractivity contribution in [1.82, 2.24) is 20.4 Å². The highest BCUT2D eigenvalue weighted by Gasteiger charge is 2.46. The molecule has 0 saturated carbocycles. The molecule has 1 atom stereocenters. The van der Waals surface area contributed by atoms with Gasteiger partial charge in [0.05, 0.1) is 34.4 Å². The lowest BCUT2D eigenvalue weighted by Crippen LogP contribution is -2.36. The van der Waals surface area contributed by atoms with Crippen molar-refractivity contribution in [1.29, 1.82) is 0 Å². The maximum Gasteiger partial charge on any atom is 0.501 e. The summed E-state index contributed by atoms with van der Waals surface area (Å²) in [6.45, 7) is 5.52. The topological polar surface area (TPSA) is 131 Å². The molecule has 4 N–H and O–H groups in total. The number of alkyl halides is 3. The van der Waals surface area contributed by atoms with Gasteiger partial charge >= 0.3 is 5.51 Å². The fraction of sp³-hybridized carbons (Fsp3) is 0.429. The lowest BCUT2D eigenvalue weighted by Gasteiger charge is -2.26. The van der Waals surface area contributed by atoms with Crippen molar-refractivity contribution in [2.45, 2.75) is 36.6 Å². The van der Waals surface area contributed by atoms with Gasteiger partial charge in [-0.15, -0.1) is 16.4 Å². The number of hydrogen-bond donors (Lipinski definition) is 3. The van der Waals surface area contributed by atoms with Crippen LogP contribution >= 0.6 is 11.3 Å². The summed E-state index contributed by atoms with van der Waals surface area (Å²) < 4.78 is 66.4. The van der Waals surface area contributed by atoms with Crippen LogP contribution in [-0.4, -0.2) is 60.4 Å². The van der Waals surface area contributed by atoms with Crippen molar-refractivity contribution in [2.24, 2.45) is 0 Å². The zero-order chi connectivity index (χ0) is 25.4. The summed E-state index contributed by atoms with van der Waals surface area (Å²) in [5.41, 5.74) is 3.53. The maximum atomic E-state index is 12.7. The van der Waals surface area contributed by atoms with E-state index in [1.54, 1.807) is 0 Å². The third kappa shape index (κ3) is 5.27. The van der Waals surface area contributed by atoms with E-state index in [9.17, 15) is 26.7 Å².